The number of nitrogens with zero attached hydrogens (tertiary/aromatic N) is 3. The van der Waals surface area contributed by atoms with Crippen LogP contribution in [-0.2, 0) is 6.42 Å². The van der Waals surface area contributed by atoms with Gasteiger partial charge in [0, 0.05) is 25.3 Å². The summed E-state index contributed by atoms with van der Waals surface area (Å²) in [7, 11) is 0. The average Bonchev–Trinajstić information content (AvgIpc) is 3.42. The van der Waals surface area contributed by atoms with Crippen LogP contribution in [0.25, 0.3) is 0 Å². The molecule has 28 heavy (non-hydrogen) atoms. The van der Waals surface area contributed by atoms with Crippen molar-refractivity contribution in [2.24, 2.45) is 0 Å². The molecule has 150 valence electrons. The first-order chi connectivity index (χ1) is 13.7. The minimum absolute atomic E-state index is 0.0246. The highest BCUT2D eigenvalue weighted by atomic mass is 19.1. The van der Waals surface area contributed by atoms with Crippen molar-refractivity contribution in [1.29, 1.82) is 0 Å². The van der Waals surface area contributed by atoms with Crippen LogP contribution < -0.4 is 5.32 Å². The number of hydrogen-bond donors (Lipinski definition) is 1. The summed E-state index contributed by atoms with van der Waals surface area (Å²) in [5.41, 5.74) is 1.59. The van der Waals surface area contributed by atoms with E-state index < -0.39 is 0 Å². The Balaban J connectivity index is 1.46. The zero-order valence-corrected chi connectivity index (χ0v) is 16.3. The van der Waals surface area contributed by atoms with Crippen molar-refractivity contribution in [3.63, 3.8) is 0 Å². The van der Waals surface area contributed by atoms with Gasteiger partial charge in [-0.05, 0) is 62.4 Å². The summed E-state index contributed by atoms with van der Waals surface area (Å²) in [6, 6.07) is 9.04. The normalized spacial score (nSPS) is 20.4. The van der Waals surface area contributed by atoms with Crippen LogP contribution in [0.3, 0.4) is 0 Å². The summed E-state index contributed by atoms with van der Waals surface area (Å²) < 4.78 is 15.1. The van der Waals surface area contributed by atoms with Crippen LogP contribution in [0.5, 0.6) is 0 Å². The lowest BCUT2D eigenvalue weighted by molar-refractivity contribution is 0.0676. The number of amides is 1. The molecule has 0 bridgehead atoms. The molecular weight excluding hydrogens is 355 g/mol. The van der Waals surface area contributed by atoms with Crippen LogP contribution in [0.2, 0.25) is 0 Å². The van der Waals surface area contributed by atoms with Gasteiger partial charge in [0.2, 0.25) is 0 Å². The van der Waals surface area contributed by atoms with E-state index in [0.717, 1.165) is 50.8 Å². The quantitative estimate of drug-likeness (QED) is 0.828. The zero-order valence-electron chi connectivity index (χ0n) is 16.3. The molecule has 1 saturated carbocycles. The van der Waals surface area contributed by atoms with Gasteiger partial charge in [-0.25, -0.2) is 4.39 Å². The molecule has 1 N–H and O–H groups in total. The van der Waals surface area contributed by atoms with Gasteiger partial charge in [-0.15, -0.1) is 0 Å². The molecule has 1 aliphatic carbocycles. The first-order valence-electron chi connectivity index (χ1n) is 10.5. The summed E-state index contributed by atoms with van der Waals surface area (Å²) >= 11 is 0. The molecule has 6 heteroatoms. The number of hydrogen-bond acceptors (Lipinski definition) is 3. The van der Waals surface area contributed by atoms with Crippen molar-refractivity contribution in [3.05, 3.63) is 53.6 Å². The number of benzene rings is 1. The van der Waals surface area contributed by atoms with E-state index in [1.165, 1.54) is 25.0 Å². The van der Waals surface area contributed by atoms with Crippen LogP contribution in [0.4, 0.5) is 4.39 Å². The monoisotopic (exact) mass is 384 g/mol. The average molecular weight is 384 g/mol. The second kappa shape index (κ2) is 8.86. The van der Waals surface area contributed by atoms with E-state index in [-0.39, 0.29) is 17.8 Å². The van der Waals surface area contributed by atoms with Crippen molar-refractivity contribution in [1.82, 2.24) is 20.0 Å². The maximum Gasteiger partial charge on any atom is 0.274 e. The minimum atomic E-state index is -0.227. The molecule has 1 amide bonds. The number of halogens is 1. The smallest absolute Gasteiger partial charge is 0.274 e. The van der Waals surface area contributed by atoms with Gasteiger partial charge in [-0.1, -0.05) is 25.0 Å². The van der Waals surface area contributed by atoms with Gasteiger partial charge < -0.3 is 10.2 Å². The van der Waals surface area contributed by atoms with E-state index in [4.69, 9.17) is 0 Å². The van der Waals surface area contributed by atoms with E-state index in [1.807, 2.05) is 21.8 Å². The molecule has 4 rings (SSSR count). The Labute approximate surface area is 165 Å². The summed E-state index contributed by atoms with van der Waals surface area (Å²) in [5.74, 6) is -0.202. The number of nitrogens with one attached hydrogen (secondary N) is 1. The number of carbonyl (C=O) groups is 1. The molecule has 1 aliphatic heterocycles. The highest BCUT2D eigenvalue weighted by Gasteiger charge is 2.29. The van der Waals surface area contributed by atoms with Gasteiger partial charge in [-0.2, -0.15) is 5.10 Å². The lowest BCUT2D eigenvalue weighted by Gasteiger charge is -2.28. The van der Waals surface area contributed by atoms with Crippen molar-refractivity contribution >= 4 is 5.91 Å². The first kappa shape index (κ1) is 19.1. The molecule has 2 aliphatic rings. The number of carbonyl (C=O) groups excluding carboxylic acids is 1. The third kappa shape index (κ3) is 4.43. The van der Waals surface area contributed by atoms with Gasteiger partial charge in [0.05, 0.1) is 6.04 Å². The Morgan fingerprint density at radius 3 is 2.64 bits per heavy atom. The topological polar surface area (TPSA) is 50.2 Å². The van der Waals surface area contributed by atoms with Crippen molar-refractivity contribution in [2.75, 3.05) is 19.6 Å². The van der Waals surface area contributed by atoms with Gasteiger partial charge in [-0.3, -0.25) is 9.48 Å². The lowest BCUT2D eigenvalue weighted by Crippen LogP contribution is -2.40. The maximum absolute atomic E-state index is 13.3. The minimum Gasteiger partial charge on any atom is -0.334 e. The molecule has 1 aromatic carbocycles. The summed E-state index contributed by atoms with van der Waals surface area (Å²) in [6.45, 7) is 2.61. The van der Waals surface area contributed by atoms with E-state index in [0.29, 0.717) is 18.3 Å². The highest BCUT2D eigenvalue weighted by Crippen LogP contribution is 2.25. The van der Waals surface area contributed by atoms with Crippen molar-refractivity contribution in [2.45, 2.75) is 57.0 Å². The molecule has 0 spiro atoms. The molecule has 0 radical (unpaired) electrons. The Morgan fingerprint density at radius 1 is 1.14 bits per heavy atom. The van der Waals surface area contributed by atoms with Gasteiger partial charge in [0.25, 0.3) is 5.91 Å². The fourth-order valence-electron chi connectivity index (χ4n) is 4.43. The third-order valence-corrected chi connectivity index (χ3v) is 6.05. The van der Waals surface area contributed by atoms with Crippen LogP contribution in [0.1, 0.15) is 60.6 Å². The second-order valence-corrected chi connectivity index (χ2v) is 7.99. The molecule has 1 saturated heterocycles. The highest BCUT2D eigenvalue weighted by molar-refractivity contribution is 5.92. The van der Waals surface area contributed by atoms with Crippen molar-refractivity contribution in [3.8, 4) is 0 Å². The SMILES string of the molecule is O=C(c1ccn(C2CCCNC2)n1)N(CCc1ccc(F)cc1)C1CCCC1. The largest absolute Gasteiger partial charge is 0.334 e. The maximum atomic E-state index is 13.3. The van der Waals surface area contributed by atoms with Crippen LogP contribution in [-0.4, -0.2) is 46.3 Å². The van der Waals surface area contributed by atoms with Crippen LogP contribution in [0.15, 0.2) is 36.5 Å². The van der Waals surface area contributed by atoms with E-state index in [2.05, 4.69) is 10.4 Å². The van der Waals surface area contributed by atoms with Gasteiger partial charge >= 0.3 is 0 Å². The van der Waals surface area contributed by atoms with Crippen LogP contribution >= 0.6 is 0 Å². The van der Waals surface area contributed by atoms with Gasteiger partial charge in [0.15, 0.2) is 0 Å². The van der Waals surface area contributed by atoms with E-state index >= 15 is 0 Å². The Morgan fingerprint density at radius 2 is 1.93 bits per heavy atom. The second-order valence-electron chi connectivity index (χ2n) is 7.99. The molecular formula is C22H29FN4O. The summed E-state index contributed by atoms with van der Waals surface area (Å²) in [4.78, 5) is 15.3. The standard InChI is InChI=1S/C22H29FN4O/c23-18-9-7-17(8-10-18)11-14-26(19-4-1-2-5-19)22(28)21-12-15-27(25-21)20-6-3-13-24-16-20/h7-10,12,15,19-20,24H,1-6,11,13-14,16H2. The van der Waals surface area contributed by atoms with Gasteiger partial charge in [0.1, 0.15) is 11.5 Å². The third-order valence-electron chi connectivity index (χ3n) is 6.05. The molecule has 2 fully saturated rings. The molecule has 1 atom stereocenters. The Bertz CT molecular complexity index is 776. The van der Waals surface area contributed by atoms with Crippen molar-refractivity contribution < 1.29 is 9.18 Å². The predicted octanol–water partition coefficient (Wildman–Crippen LogP) is 3.57. The lowest BCUT2D eigenvalue weighted by atomic mass is 10.1. The zero-order chi connectivity index (χ0) is 19.3. The Hall–Kier alpha value is -2.21. The van der Waals surface area contributed by atoms with E-state index in [1.54, 1.807) is 12.1 Å². The number of aromatic nitrogens is 2. The molecule has 2 aromatic rings. The number of piperidine rings is 1. The molecule has 2 heterocycles. The fraction of sp³-hybridized carbons (Fsp3) is 0.545. The first-order valence-corrected chi connectivity index (χ1v) is 10.5. The molecule has 1 aromatic heterocycles. The summed E-state index contributed by atoms with van der Waals surface area (Å²) in [5, 5.41) is 8.03. The summed E-state index contributed by atoms with van der Waals surface area (Å²) in [6.07, 6.45) is 9.37. The van der Waals surface area contributed by atoms with Crippen LogP contribution in [0, 0.1) is 5.82 Å². The molecule has 1 unspecified atom stereocenters. The predicted molar refractivity (Wildman–Crippen MR) is 107 cm³/mol. The Kier molecular flexibility index (Phi) is 6.05. The van der Waals surface area contributed by atoms with E-state index in [9.17, 15) is 9.18 Å². The fourth-order valence-corrected chi connectivity index (χ4v) is 4.43. The number of rotatable bonds is 6. The molecule has 5 nitrogen and oxygen atoms in total.